The van der Waals surface area contributed by atoms with Crippen LogP contribution in [0.2, 0.25) is 0 Å². The second kappa shape index (κ2) is 6.13. The molecule has 0 saturated carbocycles. The van der Waals surface area contributed by atoms with Crippen LogP contribution in [0.4, 0.5) is 11.4 Å². The number of hydrogen-bond donors (Lipinski definition) is 0. The fourth-order valence-corrected chi connectivity index (χ4v) is 3.34. The van der Waals surface area contributed by atoms with Crippen molar-refractivity contribution >= 4 is 23.1 Å². The van der Waals surface area contributed by atoms with Crippen molar-refractivity contribution in [1.82, 2.24) is 4.98 Å². The van der Waals surface area contributed by atoms with E-state index in [0.717, 1.165) is 23.8 Å². The van der Waals surface area contributed by atoms with Crippen LogP contribution in [0.15, 0.2) is 52.5 Å². The van der Waals surface area contributed by atoms with Crippen molar-refractivity contribution in [2.45, 2.75) is 22.8 Å². The molecule has 21 heavy (non-hydrogen) atoms. The molecule has 1 fully saturated rings. The number of hydrogen-bond acceptors (Lipinski definition) is 5. The molecule has 0 aliphatic carbocycles. The average Bonchev–Trinajstić information content (AvgIpc) is 3.02. The Labute approximate surface area is 127 Å². The molecule has 2 aromatic rings. The summed E-state index contributed by atoms with van der Waals surface area (Å²) in [4.78, 5) is 18.0. The molecule has 0 radical (unpaired) electrons. The highest BCUT2D eigenvalue weighted by Gasteiger charge is 2.19. The van der Waals surface area contributed by atoms with E-state index >= 15 is 0 Å². The summed E-state index contributed by atoms with van der Waals surface area (Å²) in [6, 6.07) is 10.9. The van der Waals surface area contributed by atoms with Gasteiger partial charge >= 0.3 is 0 Å². The van der Waals surface area contributed by atoms with E-state index in [4.69, 9.17) is 0 Å². The Bertz CT molecular complexity index is 643. The fourth-order valence-electron chi connectivity index (χ4n) is 2.43. The number of nitro benzene ring substituents is 1. The van der Waals surface area contributed by atoms with E-state index in [1.807, 2.05) is 30.3 Å². The molecule has 6 heteroatoms. The van der Waals surface area contributed by atoms with Crippen molar-refractivity contribution in [3.05, 3.63) is 52.7 Å². The van der Waals surface area contributed by atoms with Crippen LogP contribution in [0.3, 0.4) is 0 Å². The van der Waals surface area contributed by atoms with Gasteiger partial charge in [0.05, 0.1) is 9.82 Å². The van der Waals surface area contributed by atoms with Crippen molar-refractivity contribution in [3.8, 4) is 0 Å². The molecule has 3 rings (SSSR count). The lowest BCUT2D eigenvalue weighted by molar-refractivity contribution is -0.387. The average molecular weight is 301 g/mol. The van der Waals surface area contributed by atoms with Gasteiger partial charge in [-0.2, -0.15) is 0 Å². The standard InChI is InChI=1S/C15H15N3O2S/c19-18(20)13-7-6-12(17-9-3-4-10-17)11-14(13)21-15-5-1-2-8-16-15/h1-2,5-8,11H,3-4,9-10H2. The molecule has 0 spiro atoms. The van der Waals surface area contributed by atoms with Gasteiger partial charge in [0.1, 0.15) is 5.03 Å². The van der Waals surface area contributed by atoms with E-state index in [0.29, 0.717) is 4.90 Å². The maximum absolute atomic E-state index is 11.2. The molecule has 1 saturated heterocycles. The molecule has 1 aromatic heterocycles. The highest BCUT2D eigenvalue weighted by Crippen LogP contribution is 2.37. The number of nitrogens with zero attached hydrogens (tertiary/aromatic N) is 3. The minimum absolute atomic E-state index is 0.133. The zero-order valence-corrected chi connectivity index (χ0v) is 12.3. The summed E-state index contributed by atoms with van der Waals surface area (Å²) >= 11 is 1.34. The van der Waals surface area contributed by atoms with Gasteiger partial charge in [-0.3, -0.25) is 10.1 Å². The number of benzene rings is 1. The Morgan fingerprint density at radius 1 is 1.19 bits per heavy atom. The maximum atomic E-state index is 11.2. The van der Waals surface area contributed by atoms with Gasteiger partial charge in [0.15, 0.2) is 0 Å². The van der Waals surface area contributed by atoms with Gasteiger partial charge < -0.3 is 4.90 Å². The summed E-state index contributed by atoms with van der Waals surface area (Å²) < 4.78 is 0. The second-order valence-electron chi connectivity index (χ2n) is 4.87. The second-order valence-corrected chi connectivity index (χ2v) is 5.94. The lowest BCUT2D eigenvalue weighted by Gasteiger charge is -2.18. The quantitative estimate of drug-likeness (QED) is 0.636. The lowest BCUT2D eigenvalue weighted by atomic mass is 10.2. The number of nitro groups is 1. The first-order valence-corrected chi connectivity index (χ1v) is 7.68. The molecule has 108 valence electrons. The zero-order chi connectivity index (χ0) is 14.7. The third-order valence-electron chi connectivity index (χ3n) is 3.46. The first kappa shape index (κ1) is 13.9. The molecule has 0 atom stereocenters. The summed E-state index contributed by atoms with van der Waals surface area (Å²) in [6.45, 7) is 2.04. The predicted molar refractivity (Wildman–Crippen MR) is 82.9 cm³/mol. The molecule has 1 aliphatic heterocycles. The summed E-state index contributed by atoms with van der Waals surface area (Å²) in [7, 11) is 0. The van der Waals surface area contributed by atoms with Crippen LogP contribution in [0.25, 0.3) is 0 Å². The van der Waals surface area contributed by atoms with Crippen LogP contribution in [0, 0.1) is 10.1 Å². The van der Waals surface area contributed by atoms with E-state index in [1.54, 1.807) is 12.3 Å². The smallest absolute Gasteiger partial charge is 0.283 e. The Morgan fingerprint density at radius 3 is 2.67 bits per heavy atom. The Kier molecular flexibility index (Phi) is 4.06. The Morgan fingerprint density at radius 2 is 2.00 bits per heavy atom. The molecule has 5 nitrogen and oxygen atoms in total. The van der Waals surface area contributed by atoms with Crippen molar-refractivity contribution < 1.29 is 4.92 Å². The molecule has 1 aromatic carbocycles. The molecular formula is C15H15N3O2S. The Balaban J connectivity index is 1.94. The fraction of sp³-hybridized carbons (Fsp3) is 0.267. The van der Waals surface area contributed by atoms with Crippen molar-refractivity contribution in [3.63, 3.8) is 0 Å². The van der Waals surface area contributed by atoms with Crippen LogP contribution < -0.4 is 4.90 Å². The van der Waals surface area contributed by atoms with Crippen LogP contribution in [-0.2, 0) is 0 Å². The largest absolute Gasteiger partial charge is 0.371 e. The van der Waals surface area contributed by atoms with Gasteiger partial charge in [-0.25, -0.2) is 4.98 Å². The molecule has 1 aliphatic rings. The van der Waals surface area contributed by atoms with Crippen LogP contribution in [-0.4, -0.2) is 23.0 Å². The van der Waals surface area contributed by atoms with E-state index in [1.165, 1.54) is 24.6 Å². The molecular weight excluding hydrogens is 286 g/mol. The molecule has 2 heterocycles. The van der Waals surface area contributed by atoms with Crippen molar-refractivity contribution in [1.29, 1.82) is 0 Å². The first-order valence-electron chi connectivity index (χ1n) is 6.86. The highest BCUT2D eigenvalue weighted by atomic mass is 32.2. The van der Waals surface area contributed by atoms with Gasteiger partial charge in [-0.15, -0.1) is 0 Å². The van der Waals surface area contributed by atoms with Crippen molar-refractivity contribution in [2.75, 3.05) is 18.0 Å². The lowest BCUT2D eigenvalue weighted by Crippen LogP contribution is -2.17. The van der Waals surface area contributed by atoms with Crippen molar-refractivity contribution in [2.24, 2.45) is 0 Å². The molecule has 0 bridgehead atoms. The van der Waals surface area contributed by atoms with Crippen LogP contribution in [0.1, 0.15) is 12.8 Å². The summed E-state index contributed by atoms with van der Waals surface area (Å²) in [6.07, 6.45) is 4.05. The van der Waals surface area contributed by atoms with E-state index in [2.05, 4.69) is 9.88 Å². The van der Waals surface area contributed by atoms with E-state index < -0.39 is 0 Å². The summed E-state index contributed by atoms with van der Waals surface area (Å²) in [5.74, 6) is 0. The van der Waals surface area contributed by atoms with Gasteiger partial charge in [0.2, 0.25) is 0 Å². The summed E-state index contributed by atoms with van der Waals surface area (Å²) in [5, 5.41) is 12.0. The number of aromatic nitrogens is 1. The number of pyridine rings is 1. The minimum atomic E-state index is -0.334. The van der Waals surface area contributed by atoms with Crippen LogP contribution >= 0.6 is 11.8 Å². The van der Waals surface area contributed by atoms with E-state index in [-0.39, 0.29) is 10.6 Å². The van der Waals surface area contributed by atoms with E-state index in [9.17, 15) is 10.1 Å². The number of anilines is 1. The topological polar surface area (TPSA) is 59.3 Å². The van der Waals surface area contributed by atoms with Gasteiger partial charge in [-0.05, 0) is 37.1 Å². The minimum Gasteiger partial charge on any atom is -0.371 e. The SMILES string of the molecule is O=[N+]([O-])c1ccc(N2CCCC2)cc1Sc1ccccn1. The zero-order valence-electron chi connectivity index (χ0n) is 11.4. The van der Waals surface area contributed by atoms with Gasteiger partial charge in [0.25, 0.3) is 5.69 Å². The van der Waals surface area contributed by atoms with Crippen LogP contribution in [0.5, 0.6) is 0 Å². The third kappa shape index (κ3) is 3.16. The van der Waals surface area contributed by atoms with Gasteiger partial charge in [0, 0.05) is 31.0 Å². The first-order chi connectivity index (χ1) is 10.2. The number of rotatable bonds is 4. The Hall–Kier alpha value is -2.08. The maximum Gasteiger partial charge on any atom is 0.283 e. The molecule has 0 N–H and O–H groups in total. The predicted octanol–water partition coefficient (Wildman–Crippen LogP) is 3.74. The third-order valence-corrected chi connectivity index (χ3v) is 4.46. The summed E-state index contributed by atoms with van der Waals surface area (Å²) in [5.41, 5.74) is 1.19. The molecule has 0 amide bonds. The monoisotopic (exact) mass is 301 g/mol. The highest BCUT2D eigenvalue weighted by molar-refractivity contribution is 7.99. The normalized spacial score (nSPS) is 14.4. The molecule has 0 unspecified atom stereocenters. The van der Waals surface area contributed by atoms with Gasteiger partial charge in [-0.1, -0.05) is 17.8 Å².